The van der Waals surface area contributed by atoms with E-state index in [4.69, 9.17) is 0 Å². The molecule has 0 bridgehead atoms. The van der Waals surface area contributed by atoms with E-state index in [0.717, 1.165) is 16.7 Å². The van der Waals surface area contributed by atoms with Crippen molar-refractivity contribution in [3.8, 4) is 22.6 Å². The van der Waals surface area contributed by atoms with Crippen molar-refractivity contribution in [2.45, 2.75) is 6.92 Å². The Bertz CT molecular complexity index is 841. The zero-order valence-electron chi connectivity index (χ0n) is 11.4. The van der Waals surface area contributed by atoms with Crippen LogP contribution in [0.3, 0.4) is 0 Å². The predicted octanol–water partition coefficient (Wildman–Crippen LogP) is 4.17. The van der Waals surface area contributed by atoms with E-state index < -0.39 is 0 Å². The van der Waals surface area contributed by atoms with Crippen LogP contribution in [-0.2, 0) is 0 Å². The minimum absolute atomic E-state index is 0.180. The van der Waals surface area contributed by atoms with Gasteiger partial charge < -0.3 is 4.98 Å². The van der Waals surface area contributed by atoms with Crippen molar-refractivity contribution in [2.75, 3.05) is 0 Å². The van der Waals surface area contributed by atoms with Gasteiger partial charge in [0.15, 0.2) is 0 Å². The van der Waals surface area contributed by atoms with Gasteiger partial charge >= 0.3 is 0 Å². The molecule has 0 fully saturated rings. The van der Waals surface area contributed by atoms with Crippen LogP contribution in [0.1, 0.15) is 5.56 Å². The number of aromatic nitrogens is 2. The Labute approximate surface area is 130 Å². The van der Waals surface area contributed by atoms with Crippen molar-refractivity contribution >= 4 is 15.9 Å². The number of aromatic amines is 1. The summed E-state index contributed by atoms with van der Waals surface area (Å²) < 4.78 is 0.449. The molecule has 0 amide bonds. The van der Waals surface area contributed by atoms with E-state index in [1.165, 1.54) is 0 Å². The van der Waals surface area contributed by atoms with Crippen LogP contribution in [0.4, 0.5) is 0 Å². The van der Waals surface area contributed by atoms with Crippen LogP contribution in [0.5, 0.6) is 0 Å². The highest BCUT2D eigenvalue weighted by Gasteiger charge is 2.12. The van der Waals surface area contributed by atoms with Crippen LogP contribution in [0.15, 0.2) is 63.9 Å². The van der Waals surface area contributed by atoms with Gasteiger partial charge in [-0.1, -0.05) is 54.1 Å². The van der Waals surface area contributed by atoms with Gasteiger partial charge in [-0.25, -0.2) is 4.98 Å². The third-order valence-corrected chi connectivity index (χ3v) is 3.94. The average Bonchev–Trinajstić information content (AvgIpc) is 2.51. The maximum absolute atomic E-state index is 12.1. The number of hydrogen-bond acceptors (Lipinski definition) is 2. The summed E-state index contributed by atoms with van der Waals surface area (Å²) in [6.45, 7) is 2.01. The van der Waals surface area contributed by atoms with Gasteiger partial charge in [-0.05, 0) is 28.9 Å². The fourth-order valence-electron chi connectivity index (χ4n) is 2.18. The van der Waals surface area contributed by atoms with Crippen LogP contribution < -0.4 is 5.56 Å². The number of H-pyrrole nitrogens is 1. The van der Waals surface area contributed by atoms with Gasteiger partial charge in [-0.2, -0.15) is 0 Å². The van der Waals surface area contributed by atoms with E-state index in [0.29, 0.717) is 16.0 Å². The molecule has 0 unspecified atom stereocenters. The zero-order chi connectivity index (χ0) is 14.8. The third-order valence-electron chi connectivity index (χ3n) is 3.20. The molecule has 0 atom stereocenters. The number of benzene rings is 2. The first-order valence-electron chi connectivity index (χ1n) is 6.57. The van der Waals surface area contributed by atoms with Crippen molar-refractivity contribution in [1.82, 2.24) is 9.97 Å². The van der Waals surface area contributed by atoms with E-state index in [-0.39, 0.29) is 5.56 Å². The molecule has 1 N–H and O–H groups in total. The lowest BCUT2D eigenvalue weighted by Crippen LogP contribution is -2.11. The van der Waals surface area contributed by atoms with Gasteiger partial charge in [0.1, 0.15) is 10.3 Å². The molecule has 0 saturated carbocycles. The molecule has 21 heavy (non-hydrogen) atoms. The molecule has 3 nitrogen and oxygen atoms in total. The van der Waals surface area contributed by atoms with E-state index in [9.17, 15) is 4.79 Å². The molecule has 1 heterocycles. The Hall–Kier alpha value is -2.20. The highest BCUT2D eigenvalue weighted by Crippen LogP contribution is 2.25. The highest BCUT2D eigenvalue weighted by atomic mass is 79.9. The second-order valence-electron chi connectivity index (χ2n) is 4.81. The lowest BCUT2D eigenvalue weighted by atomic mass is 10.1. The van der Waals surface area contributed by atoms with Crippen molar-refractivity contribution < 1.29 is 0 Å². The first-order chi connectivity index (χ1) is 10.1. The van der Waals surface area contributed by atoms with Gasteiger partial charge in [0.25, 0.3) is 5.56 Å². The van der Waals surface area contributed by atoms with Crippen molar-refractivity contribution in [3.05, 3.63) is 75.0 Å². The summed E-state index contributed by atoms with van der Waals surface area (Å²) in [6, 6.07) is 17.6. The molecule has 0 saturated heterocycles. The Morgan fingerprint density at radius 2 is 1.71 bits per heavy atom. The highest BCUT2D eigenvalue weighted by molar-refractivity contribution is 9.10. The topological polar surface area (TPSA) is 45.8 Å². The second-order valence-corrected chi connectivity index (χ2v) is 5.61. The SMILES string of the molecule is Cc1cccc(-c2nc(-c3ccccc3)c(Br)c(=O)[nH]2)c1. The molecule has 4 heteroatoms. The van der Waals surface area contributed by atoms with E-state index >= 15 is 0 Å². The summed E-state index contributed by atoms with van der Waals surface area (Å²) in [4.78, 5) is 19.6. The molecule has 2 aromatic carbocycles. The first-order valence-corrected chi connectivity index (χ1v) is 7.37. The molecule has 1 aromatic heterocycles. The summed E-state index contributed by atoms with van der Waals surface area (Å²) in [5, 5.41) is 0. The smallest absolute Gasteiger partial charge is 0.266 e. The molecule has 104 valence electrons. The van der Waals surface area contributed by atoms with Gasteiger partial charge in [0.05, 0.1) is 5.69 Å². The second kappa shape index (κ2) is 5.66. The number of nitrogens with zero attached hydrogens (tertiary/aromatic N) is 1. The van der Waals surface area contributed by atoms with Crippen molar-refractivity contribution in [1.29, 1.82) is 0 Å². The normalized spacial score (nSPS) is 10.6. The number of nitrogens with one attached hydrogen (secondary N) is 1. The maximum atomic E-state index is 12.1. The van der Waals surface area contributed by atoms with Crippen LogP contribution in [0.2, 0.25) is 0 Å². The molecular weight excluding hydrogens is 328 g/mol. The van der Waals surface area contributed by atoms with Crippen LogP contribution in [0.25, 0.3) is 22.6 Å². The quantitative estimate of drug-likeness (QED) is 0.760. The lowest BCUT2D eigenvalue weighted by molar-refractivity contribution is 1.11. The molecule has 0 spiro atoms. The van der Waals surface area contributed by atoms with E-state index in [1.54, 1.807) is 0 Å². The van der Waals surface area contributed by atoms with Gasteiger partial charge in [0, 0.05) is 11.1 Å². The predicted molar refractivity (Wildman–Crippen MR) is 88.2 cm³/mol. The van der Waals surface area contributed by atoms with Crippen LogP contribution in [0, 0.1) is 6.92 Å². The number of rotatable bonds is 2. The fourth-order valence-corrected chi connectivity index (χ4v) is 2.59. The lowest BCUT2D eigenvalue weighted by Gasteiger charge is -2.07. The minimum Gasteiger partial charge on any atom is -0.306 e. The van der Waals surface area contributed by atoms with Crippen molar-refractivity contribution in [3.63, 3.8) is 0 Å². The molecule has 0 aliphatic heterocycles. The van der Waals surface area contributed by atoms with E-state index in [1.807, 2.05) is 61.5 Å². The van der Waals surface area contributed by atoms with Crippen LogP contribution in [-0.4, -0.2) is 9.97 Å². The van der Waals surface area contributed by atoms with Crippen LogP contribution >= 0.6 is 15.9 Å². The van der Waals surface area contributed by atoms with Gasteiger partial charge in [-0.3, -0.25) is 4.79 Å². The largest absolute Gasteiger partial charge is 0.306 e. The Morgan fingerprint density at radius 3 is 2.43 bits per heavy atom. The fraction of sp³-hybridized carbons (Fsp3) is 0.0588. The first kappa shape index (κ1) is 13.8. The Balaban J connectivity index is 2.21. The van der Waals surface area contributed by atoms with Crippen molar-refractivity contribution in [2.24, 2.45) is 0 Å². The molecular formula is C17H13BrN2O. The monoisotopic (exact) mass is 340 g/mol. The Kier molecular flexibility index (Phi) is 3.71. The summed E-state index contributed by atoms with van der Waals surface area (Å²) in [5.41, 5.74) is 3.40. The summed E-state index contributed by atoms with van der Waals surface area (Å²) in [7, 11) is 0. The summed E-state index contributed by atoms with van der Waals surface area (Å²) in [6.07, 6.45) is 0. The molecule has 0 aliphatic rings. The average molecular weight is 341 g/mol. The third kappa shape index (κ3) is 2.81. The Morgan fingerprint density at radius 1 is 1.00 bits per heavy atom. The minimum atomic E-state index is -0.180. The standard InChI is InChI=1S/C17H13BrN2O/c1-11-6-5-9-13(10-11)16-19-15(14(18)17(21)20-16)12-7-3-2-4-8-12/h2-10H,1H3,(H,19,20,21). The van der Waals surface area contributed by atoms with Gasteiger partial charge in [0.2, 0.25) is 0 Å². The molecule has 0 aliphatic carbocycles. The number of halogens is 1. The van der Waals surface area contributed by atoms with E-state index in [2.05, 4.69) is 25.9 Å². The molecule has 0 radical (unpaired) electrons. The summed E-state index contributed by atoms with van der Waals surface area (Å²) >= 11 is 3.33. The number of aryl methyl sites for hydroxylation is 1. The molecule has 3 rings (SSSR count). The molecule has 3 aromatic rings. The zero-order valence-corrected chi connectivity index (χ0v) is 13.0. The number of hydrogen-bond donors (Lipinski definition) is 1. The summed E-state index contributed by atoms with van der Waals surface area (Å²) in [5.74, 6) is 0.575. The maximum Gasteiger partial charge on any atom is 0.266 e. The van der Waals surface area contributed by atoms with Gasteiger partial charge in [-0.15, -0.1) is 0 Å².